The summed E-state index contributed by atoms with van der Waals surface area (Å²) in [6, 6.07) is 14.8. The van der Waals surface area contributed by atoms with Gasteiger partial charge in [-0.2, -0.15) is 0 Å². The summed E-state index contributed by atoms with van der Waals surface area (Å²) in [5.41, 5.74) is 2.14. The Kier molecular flexibility index (Phi) is 5.85. The highest BCUT2D eigenvalue weighted by Crippen LogP contribution is 2.22. The molecule has 0 spiro atoms. The molecule has 0 bridgehead atoms. The maximum absolute atomic E-state index is 13.1. The number of amides is 1. The second-order valence-corrected chi connectivity index (χ2v) is 6.96. The van der Waals surface area contributed by atoms with Crippen LogP contribution in [0.3, 0.4) is 0 Å². The number of carbonyl (C=O) groups excluding carboxylic acids is 1. The number of hydrogen-bond donors (Lipinski definition) is 1. The van der Waals surface area contributed by atoms with Gasteiger partial charge in [0, 0.05) is 22.0 Å². The van der Waals surface area contributed by atoms with Crippen LogP contribution < -0.4 is 5.32 Å². The molecule has 26 heavy (non-hydrogen) atoms. The predicted octanol–water partition coefficient (Wildman–Crippen LogP) is 4.98. The fourth-order valence-corrected chi connectivity index (χ4v) is 3.19. The lowest BCUT2D eigenvalue weighted by Crippen LogP contribution is -2.14. The van der Waals surface area contributed by atoms with Crippen molar-refractivity contribution in [3.63, 3.8) is 0 Å². The van der Waals surface area contributed by atoms with E-state index in [-0.39, 0.29) is 17.5 Å². The number of anilines is 1. The van der Waals surface area contributed by atoms with Gasteiger partial charge in [0.1, 0.15) is 10.8 Å². The molecular formula is C19H15ClFN3OS. The largest absolute Gasteiger partial charge is 0.325 e. The first kappa shape index (κ1) is 18.4. The lowest BCUT2D eigenvalue weighted by atomic mass is 10.2. The molecule has 0 atom stereocenters. The van der Waals surface area contributed by atoms with Gasteiger partial charge in [-0.1, -0.05) is 29.4 Å². The van der Waals surface area contributed by atoms with Crippen molar-refractivity contribution in [3.05, 3.63) is 71.1 Å². The molecule has 1 amide bonds. The summed E-state index contributed by atoms with van der Waals surface area (Å²) >= 11 is 7.22. The van der Waals surface area contributed by atoms with E-state index in [1.165, 1.54) is 23.9 Å². The van der Waals surface area contributed by atoms with Crippen molar-refractivity contribution in [1.82, 2.24) is 9.97 Å². The van der Waals surface area contributed by atoms with Crippen LogP contribution in [0.1, 0.15) is 5.69 Å². The van der Waals surface area contributed by atoms with Crippen LogP contribution in [0.5, 0.6) is 0 Å². The Morgan fingerprint density at radius 1 is 1.15 bits per heavy atom. The minimum atomic E-state index is -0.311. The Balaban J connectivity index is 1.68. The maximum Gasteiger partial charge on any atom is 0.234 e. The minimum Gasteiger partial charge on any atom is -0.325 e. The molecule has 3 aromatic rings. The molecule has 0 saturated carbocycles. The van der Waals surface area contributed by atoms with E-state index in [1.807, 2.05) is 13.0 Å². The van der Waals surface area contributed by atoms with Gasteiger partial charge in [-0.3, -0.25) is 4.79 Å². The lowest BCUT2D eigenvalue weighted by molar-refractivity contribution is -0.113. The maximum atomic E-state index is 13.1. The summed E-state index contributed by atoms with van der Waals surface area (Å²) in [5.74, 6) is 0.236. The van der Waals surface area contributed by atoms with Crippen LogP contribution in [0.4, 0.5) is 10.1 Å². The summed E-state index contributed by atoms with van der Waals surface area (Å²) in [6.07, 6.45) is 0. The minimum absolute atomic E-state index is 0.156. The van der Waals surface area contributed by atoms with E-state index in [9.17, 15) is 9.18 Å². The van der Waals surface area contributed by atoms with Gasteiger partial charge >= 0.3 is 0 Å². The zero-order valence-corrected chi connectivity index (χ0v) is 15.4. The summed E-state index contributed by atoms with van der Waals surface area (Å²) in [4.78, 5) is 20.9. The molecule has 132 valence electrons. The molecule has 2 aromatic carbocycles. The quantitative estimate of drug-likeness (QED) is 0.495. The molecule has 1 aromatic heterocycles. The number of aromatic nitrogens is 2. The van der Waals surface area contributed by atoms with Crippen LogP contribution in [0.25, 0.3) is 11.4 Å². The van der Waals surface area contributed by atoms with Crippen LogP contribution in [-0.4, -0.2) is 21.6 Å². The van der Waals surface area contributed by atoms with Gasteiger partial charge in [0.2, 0.25) is 5.91 Å². The first-order chi connectivity index (χ1) is 12.5. The van der Waals surface area contributed by atoms with Gasteiger partial charge < -0.3 is 5.32 Å². The van der Waals surface area contributed by atoms with E-state index < -0.39 is 0 Å². The highest BCUT2D eigenvalue weighted by atomic mass is 35.5. The Bertz CT molecular complexity index is 934. The highest BCUT2D eigenvalue weighted by Gasteiger charge is 2.09. The fourth-order valence-electron chi connectivity index (χ4n) is 2.24. The van der Waals surface area contributed by atoms with Crippen LogP contribution in [0, 0.1) is 12.7 Å². The third-order valence-corrected chi connectivity index (χ3v) is 4.54. The summed E-state index contributed by atoms with van der Waals surface area (Å²) in [7, 11) is 0. The fraction of sp³-hybridized carbons (Fsp3) is 0.105. The molecule has 0 aliphatic rings. The van der Waals surface area contributed by atoms with E-state index in [4.69, 9.17) is 11.6 Å². The molecule has 7 heteroatoms. The molecule has 3 rings (SSSR count). The second-order valence-electron chi connectivity index (χ2n) is 5.53. The van der Waals surface area contributed by atoms with Gasteiger partial charge in [-0.05, 0) is 55.5 Å². The van der Waals surface area contributed by atoms with Gasteiger partial charge in [0.15, 0.2) is 5.82 Å². The first-order valence-corrected chi connectivity index (χ1v) is 9.16. The van der Waals surface area contributed by atoms with E-state index in [0.717, 1.165) is 11.3 Å². The predicted molar refractivity (Wildman–Crippen MR) is 103 cm³/mol. The van der Waals surface area contributed by atoms with Gasteiger partial charge in [0.05, 0.1) is 5.75 Å². The Labute approximate surface area is 159 Å². The third kappa shape index (κ3) is 5.03. The van der Waals surface area contributed by atoms with Crippen molar-refractivity contribution >= 4 is 35.0 Å². The van der Waals surface area contributed by atoms with Crippen molar-refractivity contribution in [2.24, 2.45) is 0 Å². The van der Waals surface area contributed by atoms with Crippen LogP contribution in [0.15, 0.2) is 59.6 Å². The standard InChI is InChI=1S/C19H15ClFN3OS/c1-12-9-18(24-19(22-12)13-5-7-15(21)8-6-13)26-11-17(25)23-16-4-2-3-14(20)10-16/h2-10H,11H2,1H3,(H,23,25). The topological polar surface area (TPSA) is 54.9 Å². The number of nitrogens with zero attached hydrogens (tertiary/aromatic N) is 2. The molecule has 1 N–H and O–H groups in total. The van der Waals surface area contributed by atoms with Crippen LogP contribution in [0.2, 0.25) is 5.02 Å². The molecule has 0 unspecified atom stereocenters. The average Bonchev–Trinajstić information content (AvgIpc) is 2.60. The third-order valence-electron chi connectivity index (χ3n) is 3.39. The zero-order valence-electron chi connectivity index (χ0n) is 13.9. The number of halogens is 2. The number of aryl methyl sites for hydroxylation is 1. The molecule has 4 nitrogen and oxygen atoms in total. The number of thioether (sulfide) groups is 1. The SMILES string of the molecule is Cc1cc(SCC(=O)Nc2cccc(Cl)c2)nc(-c2ccc(F)cc2)n1. The van der Waals surface area contributed by atoms with Crippen molar-refractivity contribution in [2.45, 2.75) is 11.9 Å². The smallest absolute Gasteiger partial charge is 0.234 e. The van der Waals surface area contributed by atoms with Crippen LogP contribution in [-0.2, 0) is 4.79 Å². The van der Waals surface area contributed by atoms with Gasteiger partial charge in [0.25, 0.3) is 0 Å². The first-order valence-electron chi connectivity index (χ1n) is 7.79. The molecular weight excluding hydrogens is 373 g/mol. The monoisotopic (exact) mass is 387 g/mol. The number of rotatable bonds is 5. The molecule has 0 aliphatic carbocycles. The molecule has 0 fully saturated rings. The number of hydrogen-bond acceptors (Lipinski definition) is 4. The molecule has 0 saturated heterocycles. The number of carbonyl (C=O) groups is 1. The Morgan fingerprint density at radius 3 is 2.65 bits per heavy atom. The second kappa shape index (κ2) is 8.29. The number of nitrogens with one attached hydrogen (secondary N) is 1. The van der Waals surface area contributed by atoms with E-state index in [0.29, 0.717) is 21.6 Å². The lowest BCUT2D eigenvalue weighted by Gasteiger charge is -2.07. The van der Waals surface area contributed by atoms with Crippen molar-refractivity contribution in [1.29, 1.82) is 0 Å². The van der Waals surface area contributed by atoms with E-state index >= 15 is 0 Å². The van der Waals surface area contributed by atoms with Crippen molar-refractivity contribution in [2.75, 3.05) is 11.1 Å². The highest BCUT2D eigenvalue weighted by molar-refractivity contribution is 7.99. The average molecular weight is 388 g/mol. The van der Waals surface area contributed by atoms with Crippen molar-refractivity contribution in [3.8, 4) is 11.4 Å². The summed E-state index contributed by atoms with van der Waals surface area (Å²) in [6.45, 7) is 1.85. The van der Waals surface area contributed by atoms with Gasteiger partial charge in [-0.15, -0.1) is 0 Å². The zero-order chi connectivity index (χ0) is 18.5. The van der Waals surface area contributed by atoms with Gasteiger partial charge in [-0.25, -0.2) is 14.4 Å². The van der Waals surface area contributed by atoms with Crippen LogP contribution >= 0.6 is 23.4 Å². The Morgan fingerprint density at radius 2 is 1.92 bits per heavy atom. The van der Waals surface area contributed by atoms with E-state index in [2.05, 4.69) is 15.3 Å². The summed E-state index contributed by atoms with van der Waals surface area (Å²) < 4.78 is 13.1. The Hall–Kier alpha value is -2.44. The molecule has 0 aliphatic heterocycles. The van der Waals surface area contributed by atoms with E-state index in [1.54, 1.807) is 36.4 Å². The normalized spacial score (nSPS) is 10.6. The van der Waals surface area contributed by atoms with Crippen molar-refractivity contribution < 1.29 is 9.18 Å². The summed E-state index contributed by atoms with van der Waals surface area (Å²) in [5, 5.41) is 4.03. The number of benzene rings is 2. The molecule has 1 heterocycles. The molecule has 0 radical (unpaired) electrons.